The van der Waals surface area contributed by atoms with Crippen molar-refractivity contribution in [3.05, 3.63) is 64.9 Å². The number of amides is 1. The van der Waals surface area contributed by atoms with Gasteiger partial charge in [0.1, 0.15) is 0 Å². The van der Waals surface area contributed by atoms with Crippen LogP contribution in [0.1, 0.15) is 29.1 Å². The molecule has 0 radical (unpaired) electrons. The van der Waals surface area contributed by atoms with Gasteiger partial charge in [-0.2, -0.15) is 0 Å². The number of benzene rings is 1. The van der Waals surface area contributed by atoms with Crippen molar-refractivity contribution in [1.82, 2.24) is 9.62 Å². The summed E-state index contributed by atoms with van der Waals surface area (Å²) in [5, 5.41) is 1.97. The predicted octanol–water partition coefficient (Wildman–Crippen LogP) is 3.26. The molecule has 2 aromatic rings. The standard InChI is InChI=1S/C18H22N2O3S2/c1-4-11-20(13-16-6-5-12-24-16)18(21)15-7-9-17(10-8-15)25(22,23)19-14(2)3/h4-10,12,14,19H,1,11,13H2,2-3H3. The zero-order valence-electron chi connectivity index (χ0n) is 14.3. The van der Waals surface area contributed by atoms with Gasteiger partial charge >= 0.3 is 0 Å². The van der Waals surface area contributed by atoms with Crippen molar-refractivity contribution >= 4 is 27.3 Å². The SMILES string of the molecule is C=CCN(Cc1cccs1)C(=O)c1ccc(S(=O)(=O)NC(C)C)cc1. The quantitative estimate of drug-likeness (QED) is 0.717. The molecule has 0 saturated heterocycles. The first-order valence-electron chi connectivity index (χ1n) is 7.88. The molecule has 0 aliphatic heterocycles. The van der Waals surface area contributed by atoms with E-state index in [1.165, 1.54) is 12.1 Å². The first kappa shape index (κ1) is 19.4. The third-order valence-electron chi connectivity index (χ3n) is 3.37. The molecule has 1 aromatic carbocycles. The summed E-state index contributed by atoms with van der Waals surface area (Å²) in [7, 11) is -3.56. The van der Waals surface area contributed by atoms with E-state index in [-0.39, 0.29) is 16.8 Å². The smallest absolute Gasteiger partial charge is 0.254 e. The summed E-state index contributed by atoms with van der Waals surface area (Å²) in [6.45, 7) is 8.14. The van der Waals surface area contributed by atoms with Crippen LogP contribution in [0.25, 0.3) is 0 Å². The van der Waals surface area contributed by atoms with E-state index in [2.05, 4.69) is 11.3 Å². The molecule has 0 fully saturated rings. The summed E-state index contributed by atoms with van der Waals surface area (Å²) < 4.78 is 26.8. The van der Waals surface area contributed by atoms with Crippen LogP contribution < -0.4 is 4.72 Å². The van der Waals surface area contributed by atoms with Gasteiger partial charge in [0.2, 0.25) is 10.0 Å². The van der Waals surface area contributed by atoms with E-state index in [0.29, 0.717) is 18.7 Å². The maximum Gasteiger partial charge on any atom is 0.254 e. The molecule has 2 rings (SSSR count). The first-order chi connectivity index (χ1) is 11.8. The Hall–Kier alpha value is -1.96. The van der Waals surface area contributed by atoms with E-state index in [1.54, 1.807) is 48.3 Å². The molecule has 134 valence electrons. The van der Waals surface area contributed by atoms with Gasteiger partial charge in [0, 0.05) is 23.0 Å². The number of hydrogen-bond acceptors (Lipinski definition) is 4. The lowest BCUT2D eigenvalue weighted by molar-refractivity contribution is 0.0764. The van der Waals surface area contributed by atoms with Gasteiger partial charge in [-0.3, -0.25) is 4.79 Å². The van der Waals surface area contributed by atoms with Gasteiger partial charge < -0.3 is 4.90 Å². The van der Waals surface area contributed by atoms with Crippen molar-refractivity contribution in [2.75, 3.05) is 6.54 Å². The largest absolute Gasteiger partial charge is 0.330 e. The van der Waals surface area contributed by atoms with E-state index < -0.39 is 10.0 Å². The summed E-state index contributed by atoms with van der Waals surface area (Å²) >= 11 is 1.59. The van der Waals surface area contributed by atoms with Gasteiger partial charge in [-0.25, -0.2) is 13.1 Å². The van der Waals surface area contributed by atoms with Crippen LogP contribution in [0.3, 0.4) is 0 Å². The molecule has 1 aromatic heterocycles. The normalized spacial score (nSPS) is 11.5. The lowest BCUT2D eigenvalue weighted by Crippen LogP contribution is -2.31. The molecule has 0 aliphatic rings. The van der Waals surface area contributed by atoms with Crippen LogP contribution in [0.5, 0.6) is 0 Å². The maximum absolute atomic E-state index is 12.7. The lowest BCUT2D eigenvalue weighted by atomic mass is 10.2. The van der Waals surface area contributed by atoms with Crippen LogP contribution in [-0.2, 0) is 16.6 Å². The molecule has 25 heavy (non-hydrogen) atoms. The van der Waals surface area contributed by atoms with Crippen molar-refractivity contribution in [2.45, 2.75) is 31.3 Å². The zero-order valence-corrected chi connectivity index (χ0v) is 15.9. The molecule has 0 atom stereocenters. The third-order valence-corrected chi connectivity index (χ3v) is 5.90. The second kappa shape index (κ2) is 8.42. The second-order valence-electron chi connectivity index (χ2n) is 5.85. The minimum Gasteiger partial charge on any atom is -0.330 e. The van der Waals surface area contributed by atoms with Gasteiger partial charge in [0.25, 0.3) is 5.91 Å². The van der Waals surface area contributed by atoms with Crippen molar-refractivity contribution in [2.24, 2.45) is 0 Å². The Kier molecular flexibility index (Phi) is 6.52. The highest BCUT2D eigenvalue weighted by molar-refractivity contribution is 7.89. The van der Waals surface area contributed by atoms with Crippen LogP contribution in [0.4, 0.5) is 0 Å². The number of sulfonamides is 1. The van der Waals surface area contributed by atoms with Crippen molar-refractivity contribution in [1.29, 1.82) is 0 Å². The first-order valence-corrected chi connectivity index (χ1v) is 10.2. The van der Waals surface area contributed by atoms with E-state index in [4.69, 9.17) is 0 Å². The second-order valence-corrected chi connectivity index (χ2v) is 8.60. The highest BCUT2D eigenvalue weighted by atomic mass is 32.2. The number of carbonyl (C=O) groups is 1. The molecule has 5 nitrogen and oxygen atoms in total. The summed E-state index contributed by atoms with van der Waals surface area (Å²) in [5.41, 5.74) is 0.446. The maximum atomic E-state index is 12.7. The Morgan fingerprint density at radius 2 is 1.96 bits per heavy atom. The van der Waals surface area contributed by atoms with E-state index >= 15 is 0 Å². The molecule has 1 N–H and O–H groups in total. The van der Waals surface area contributed by atoms with Gasteiger partial charge in [0.05, 0.1) is 11.4 Å². The average molecular weight is 379 g/mol. The Labute approximate surface area is 153 Å². The van der Waals surface area contributed by atoms with Crippen LogP contribution >= 0.6 is 11.3 Å². The Morgan fingerprint density at radius 3 is 2.48 bits per heavy atom. The monoisotopic (exact) mass is 378 g/mol. The summed E-state index contributed by atoms with van der Waals surface area (Å²) in [5.74, 6) is -0.158. The van der Waals surface area contributed by atoms with Crippen LogP contribution in [0.15, 0.2) is 59.3 Å². The molecule has 1 heterocycles. The third kappa shape index (κ3) is 5.26. The number of rotatable bonds is 8. The number of nitrogens with one attached hydrogen (secondary N) is 1. The van der Waals surface area contributed by atoms with Crippen molar-refractivity contribution in [3.8, 4) is 0 Å². The molecule has 7 heteroatoms. The van der Waals surface area contributed by atoms with Crippen molar-refractivity contribution in [3.63, 3.8) is 0 Å². The van der Waals surface area contributed by atoms with Gasteiger partial charge in [-0.15, -0.1) is 17.9 Å². The van der Waals surface area contributed by atoms with Crippen LogP contribution in [-0.4, -0.2) is 31.8 Å². The molecule has 0 saturated carbocycles. The van der Waals surface area contributed by atoms with Gasteiger partial charge in [-0.05, 0) is 49.6 Å². The fourth-order valence-corrected chi connectivity index (χ4v) is 4.27. The number of hydrogen-bond donors (Lipinski definition) is 1. The molecular weight excluding hydrogens is 356 g/mol. The van der Waals surface area contributed by atoms with E-state index in [0.717, 1.165) is 4.88 Å². The van der Waals surface area contributed by atoms with E-state index in [9.17, 15) is 13.2 Å². The summed E-state index contributed by atoms with van der Waals surface area (Å²) in [4.78, 5) is 15.6. The highest BCUT2D eigenvalue weighted by Gasteiger charge is 2.18. The minimum atomic E-state index is -3.56. The zero-order chi connectivity index (χ0) is 18.4. The van der Waals surface area contributed by atoms with Gasteiger partial charge in [-0.1, -0.05) is 12.1 Å². The minimum absolute atomic E-state index is 0.145. The fraction of sp³-hybridized carbons (Fsp3) is 0.278. The molecule has 0 unspecified atom stereocenters. The predicted molar refractivity (Wildman–Crippen MR) is 101 cm³/mol. The molecular formula is C18H22N2O3S2. The lowest BCUT2D eigenvalue weighted by Gasteiger charge is -2.20. The van der Waals surface area contributed by atoms with Crippen molar-refractivity contribution < 1.29 is 13.2 Å². The van der Waals surface area contributed by atoms with E-state index in [1.807, 2.05) is 17.5 Å². The average Bonchev–Trinajstić information content (AvgIpc) is 3.06. The number of nitrogens with zero attached hydrogens (tertiary/aromatic N) is 1. The molecule has 0 bridgehead atoms. The highest BCUT2D eigenvalue weighted by Crippen LogP contribution is 2.16. The molecule has 1 amide bonds. The molecule has 0 aliphatic carbocycles. The van der Waals surface area contributed by atoms with Crippen LogP contribution in [0, 0.1) is 0 Å². The summed E-state index contributed by atoms with van der Waals surface area (Å²) in [6, 6.07) is 9.72. The topological polar surface area (TPSA) is 66.5 Å². The Bertz CT molecular complexity index is 811. The molecule has 0 spiro atoms. The Balaban J connectivity index is 2.19. The summed E-state index contributed by atoms with van der Waals surface area (Å²) in [6.07, 6.45) is 1.68. The fourth-order valence-electron chi connectivity index (χ4n) is 2.30. The number of carbonyl (C=O) groups excluding carboxylic acids is 1. The van der Waals surface area contributed by atoms with Gasteiger partial charge in [0.15, 0.2) is 0 Å². The van der Waals surface area contributed by atoms with Crippen LogP contribution in [0.2, 0.25) is 0 Å². The number of thiophene rings is 1. The Morgan fingerprint density at radius 1 is 1.28 bits per heavy atom.